The lowest BCUT2D eigenvalue weighted by Crippen LogP contribution is -2.33. The smallest absolute Gasteiger partial charge is 0.242 e. The predicted octanol–water partition coefficient (Wildman–Crippen LogP) is 1.28. The zero-order chi connectivity index (χ0) is 14.8. The molecule has 1 aromatic rings. The molecule has 0 radical (unpaired) electrons. The van der Waals surface area contributed by atoms with Gasteiger partial charge in [-0.05, 0) is 44.9 Å². The summed E-state index contributed by atoms with van der Waals surface area (Å²) in [6.45, 7) is 6.79. The van der Waals surface area contributed by atoms with Crippen molar-refractivity contribution in [3.05, 3.63) is 24.3 Å². The van der Waals surface area contributed by atoms with Crippen molar-refractivity contribution in [1.29, 1.82) is 0 Å². The van der Waals surface area contributed by atoms with E-state index in [4.69, 9.17) is 5.73 Å². The number of benzene rings is 1. The van der Waals surface area contributed by atoms with E-state index >= 15 is 0 Å². The van der Waals surface area contributed by atoms with Crippen LogP contribution in [0.5, 0.6) is 0 Å². The molecule has 0 bridgehead atoms. The number of hydrogen-bond acceptors (Lipinski definition) is 4. The average molecular weight is 297 g/mol. The van der Waals surface area contributed by atoms with Crippen molar-refractivity contribution >= 4 is 15.7 Å². The Hall–Kier alpha value is -1.11. The van der Waals surface area contributed by atoms with Gasteiger partial charge in [0.05, 0.1) is 5.69 Å². The summed E-state index contributed by atoms with van der Waals surface area (Å²) >= 11 is 0. The molecule has 2 rings (SSSR count). The Labute approximate surface area is 121 Å². The number of nitrogens with two attached hydrogens (primary N) is 1. The molecule has 0 aromatic heterocycles. The van der Waals surface area contributed by atoms with Crippen LogP contribution >= 0.6 is 0 Å². The minimum Gasteiger partial charge on any atom is -0.398 e. The Balaban J connectivity index is 1.96. The van der Waals surface area contributed by atoms with Crippen molar-refractivity contribution in [2.24, 2.45) is 5.92 Å². The lowest BCUT2D eigenvalue weighted by atomic mass is 10.1. The second-order valence-electron chi connectivity index (χ2n) is 5.63. The van der Waals surface area contributed by atoms with Crippen LogP contribution in [0.25, 0.3) is 0 Å². The first kappa shape index (κ1) is 15.3. The maximum atomic E-state index is 12.2. The Kier molecular flexibility index (Phi) is 4.67. The largest absolute Gasteiger partial charge is 0.398 e. The highest BCUT2D eigenvalue weighted by Crippen LogP contribution is 2.20. The summed E-state index contributed by atoms with van der Waals surface area (Å²) in [6.07, 6.45) is 1.03. The van der Waals surface area contributed by atoms with E-state index in [0.717, 1.165) is 19.5 Å². The van der Waals surface area contributed by atoms with Gasteiger partial charge in [0.1, 0.15) is 4.90 Å². The number of nitrogens with zero attached hydrogens (tertiary/aromatic N) is 1. The van der Waals surface area contributed by atoms with E-state index in [1.165, 1.54) is 6.07 Å². The second kappa shape index (κ2) is 6.11. The molecular formula is C14H23N3O2S. The van der Waals surface area contributed by atoms with Crippen molar-refractivity contribution < 1.29 is 8.42 Å². The van der Waals surface area contributed by atoms with Crippen molar-refractivity contribution in [3.8, 4) is 0 Å². The molecule has 1 heterocycles. The summed E-state index contributed by atoms with van der Waals surface area (Å²) in [5, 5.41) is 0. The lowest BCUT2D eigenvalue weighted by molar-refractivity contribution is 0.265. The molecule has 112 valence electrons. The molecule has 1 saturated heterocycles. The van der Waals surface area contributed by atoms with Gasteiger partial charge in [0.2, 0.25) is 10.0 Å². The maximum Gasteiger partial charge on any atom is 0.242 e. The topological polar surface area (TPSA) is 75.4 Å². The van der Waals surface area contributed by atoms with Crippen molar-refractivity contribution in [3.63, 3.8) is 0 Å². The Morgan fingerprint density at radius 1 is 1.40 bits per heavy atom. The fourth-order valence-electron chi connectivity index (χ4n) is 2.53. The summed E-state index contributed by atoms with van der Waals surface area (Å²) in [5.74, 6) is 0.372. The van der Waals surface area contributed by atoms with E-state index in [0.29, 0.717) is 18.5 Å². The maximum absolute atomic E-state index is 12.2. The molecule has 5 nitrogen and oxygen atoms in total. The molecule has 1 fully saturated rings. The monoisotopic (exact) mass is 297 g/mol. The van der Waals surface area contributed by atoms with Crippen LogP contribution in [-0.2, 0) is 10.0 Å². The van der Waals surface area contributed by atoms with E-state index in [1.54, 1.807) is 18.2 Å². The van der Waals surface area contributed by atoms with Gasteiger partial charge in [-0.25, -0.2) is 13.1 Å². The van der Waals surface area contributed by atoms with Gasteiger partial charge in [-0.1, -0.05) is 12.1 Å². The molecular weight excluding hydrogens is 274 g/mol. The minimum atomic E-state index is -3.51. The Morgan fingerprint density at radius 2 is 2.10 bits per heavy atom. The zero-order valence-electron chi connectivity index (χ0n) is 12.0. The highest BCUT2D eigenvalue weighted by atomic mass is 32.2. The van der Waals surface area contributed by atoms with Crippen LogP contribution in [0.15, 0.2) is 29.2 Å². The standard InChI is InChI=1S/C14H23N3O2S/c1-11(2)17-8-7-12(10-17)9-16-20(18,19)14-6-4-3-5-13(14)15/h3-6,11-12,16H,7-10,15H2,1-2H3. The normalized spacial score (nSPS) is 20.6. The molecule has 1 aliphatic heterocycles. The summed E-state index contributed by atoms with van der Waals surface area (Å²) in [4.78, 5) is 2.54. The number of rotatable bonds is 5. The molecule has 0 saturated carbocycles. The molecule has 0 aliphatic carbocycles. The predicted molar refractivity (Wildman–Crippen MR) is 80.9 cm³/mol. The zero-order valence-corrected chi connectivity index (χ0v) is 12.9. The minimum absolute atomic E-state index is 0.165. The van der Waals surface area contributed by atoms with Crippen molar-refractivity contribution in [2.75, 3.05) is 25.4 Å². The summed E-state index contributed by atoms with van der Waals surface area (Å²) in [5.41, 5.74) is 6.01. The van der Waals surface area contributed by atoms with Gasteiger partial charge in [-0.15, -0.1) is 0 Å². The van der Waals surface area contributed by atoms with E-state index in [1.807, 2.05) is 0 Å². The molecule has 0 amide bonds. The molecule has 1 aromatic carbocycles. The second-order valence-corrected chi connectivity index (χ2v) is 7.37. The highest BCUT2D eigenvalue weighted by Gasteiger charge is 2.26. The van der Waals surface area contributed by atoms with E-state index in [2.05, 4.69) is 23.5 Å². The number of anilines is 1. The van der Waals surface area contributed by atoms with E-state index in [9.17, 15) is 8.42 Å². The van der Waals surface area contributed by atoms with Crippen LogP contribution in [0, 0.1) is 5.92 Å². The molecule has 1 aliphatic rings. The number of likely N-dealkylation sites (tertiary alicyclic amines) is 1. The van der Waals surface area contributed by atoms with Gasteiger partial charge in [-0.2, -0.15) is 0 Å². The number of hydrogen-bond donors (Lipinski definition) is 2. The number of nitrogen functional groups attached to an aromatic ring is 1. The third-order valence-electron chi connectivity index (χ3n) is 3.82. The fraction of sp³-hybridized carbons (Fsp3) is 0.571. The molecule has 20 heavy (non-hydrogen) atoms. The first-order chi connectivity index (χ1) is 9.40. The van der Waals surface area contributed by atoms with E-state index < -0.39 is 10.0 Å². The molecule has 0 spiro atoms. The molecule has 1 atom stereocenters. The molecule has 3 N–H and O–H groups in total. The number of nitrogens with one attached hydrogen (secondary N) is 1. The van der Waals surface area contributed by atoms with Gasteiger partial charge in [0.15, 0.2) is 0 Å². The van der Waals surface area contributed by atoms with Crippen LogP contribution in [0.2, 0.25) is 0 Å². The molecule has 1 unspecified atom stereocenters. The molecule has 6 heteroatoms. The van der Waals surface area contributed by atoms with Crippen molar-refractivity contribution in [2.45, 2.75) is 31.2 Å². The first-order valence-electron chi connectivity index (χ1n) is 6.98. The van der Waals surface area contributed by atoms with Gasteiger partial charge in [0.25, 0.3) is 0 Å². The third-order valence-corrected chi connectivity index (χ3v) is 5.32. The average Bonchev–Trinajstić information content (AvgIpc) is 2.86. The Morgan fingerprint density at radius 3 is 2.70 bits per heavy atom. The van der Waals surface area contributed by atoms with Gasteiger partial charge in [0, 0.05) is 19.1 Å². The van der Waals surface area contributed by atoms with Crippen molar-refractivity contribution in [1.82, 2.24) is 9.62 Å². The van der Waals surface area contributed by atoms with Gasteiger partial charge in [-0.3, -0.25) is 0 Å². The fourth-order valence-corrected chi connectivity index (χ4v) is 3.78. The van der Waals surface area contributed by atoms with Crippen LogP contribution in [-0.4, -0.2) is 39.0 Å². The quantitative estimate of drug-likeness (QED) is 0.803. The lowest BCUT2D eigenvalue weighted by Gasteiger charge is -2.20. The van der Waals surface area contributed by atoms with Gasteiger partial charge < -0.3 is 10.6 Å². The van der Waals surface area contributed by atoms with E-state index in [-0.39, 0.29) is 10.6 Å². The third kappa shape index (κ3) is 3.50. The summed E-state index contributed by atoms with van der Waals surface area (Å²) < 4.78 is 27.1. The summed E-state index contributed by atoms with van der Waals surface area (Å²) in [7, 11) is -3.51. The number of sulfonamides is 1. The van der Waals surface area contributed by atoms with Gasteiger partial charge >= 0.3 is 0 Å². The summed E-state index contributed by atoms with van der Waals surface area (Å²) in [6, 6.07) is 7.06. The van der Waals surface area contributed by atoms with Crippen LogP contribution in [0.4, 0.5) is 5.69 Å². The highest BCUT2D eigenvalue weighted by molar-refractivity contribution is 7.89. The van der Waals surface area contributed by atoms with Crippen LogP contribution < -0.4 is 10.5 Å². The Bertz CT molecular complexity index is 557. The van der Waals surface area contributed by atoms with Crippen LogP contribution in [0.1, 0.15) is 20.3 Å². The number of para-hydroxylation sites is 1. The first-order valence-corrected chi connectivity index (χ1v) is 8.46. The SMILES string of the molecule is CC(C)N1CCC(CNS(=O)(=O)c2ccccc2N)C1. The van der Waals surface area contributed by atoms with Crippen LogP contribution in [0.3, 0.4) is 0 Å².